The topological polar surface area (TPSA) is 12.0 Å². The monoisotopic (exact) mass is 241 g/mol. The molecule has 0 radical (unpaired) electrons. The van der Waals surface area contributed by atoms with Gasteiger partial charge in [0.2, 0.25) is 0 Å². The summed E-state index contributed by atoms with van der Waals surface area (Å²) in [7, 11) is 0. The zero-order valence-electron chi connectivity index (χ0n) is 9.31. The van der Waals surface area contributed by atoms with E-state index in [1.165, 1.54) is 25.3 Å². The third-order valence-electron chi connectivity index (χ3n) is 3.16. The minimum Gasteiger partial charge on any atom is -0.314 e. The average molecular weight is 242 g/mol. The summed E-state index contributed by atoms with van der Waals surface area (Å²) in [6.07, 6.45) is 5.78. The second-order valence-electron chi connectivity index (χ2n) is 4.42. The molecule has 1 aromatic carbocycles. The minimum atomic E-state index is -0.312. The first-order chi connectivity index (χ1) is 7.77. The van der Waals surface area contributed by atoms with Crippen molar-refractivity contribution in [3.8, 4) is 0 Å². The molecule has 0 amide bonds. The van der Waals surface area contributed by atoms with Gasteiger partial charge in [-0.3, -0.25) is 0 Å². The van der Waals surface area contributed by atoms with Gasteiger partial charge in [0.15, 0.2) is 0 Å². The first-order valence-corrected chi connectivity index (χ1v) is 6.31. The van der Waals surface area contributed by atoms with E-state index in [-0.39, 0.29) is 10.8 Å². The Labute approximate surface area is 101 Å². The largest absolute Gasteiger partial charge is 0.314 e. The third-order valence-corrected chi connectivity index (χ3v) is 3.58. The van der Waals surface area contributed by atoms with E-state index in [1.54, 1.807) is 6.07 Å². The van der Waals surface area contributed by atoms with Gasteiger partial charge in [-0.25, -0.2) is 4.39 Å². The maximum Gasteiger partial charge on any atom is 0.142 e. The molecule has 1 unspecified atom stereocenters. The van der Waals surface area contributed by atoms with Crippen LogP contribution < -0.4 is 5.32 Å². The van der Waals surface area contributed by atoms with Crippen molar-refractivity contribution in [2.75, 3.05) is 6.54 Å². The van der Waals surface area contributed by atoms with Gasteiger partial charge in [0.25, 0.3) is 0 Å². The van der Waals surface area contributed by atoms with Crippen LogP contribution in [0.15, 0.2) is 18.2 Å². The Bertz CT molecular complexity index is 346. The van der Waals surface area contributed by atoms with Gasteiger partial charge in [0, 0.05) is 6.04 Å². The highest BCUT2D eigenvalue weighted by atomic mass is 35.5. The number of hydrogen-bond acceptors (Lipinski definition) is 1. The Balaban J connectivity index is 2.04. The first-order valence-electron chi connectivity index (χ1n) is 5.93. The molecule has 1 N–H and O–H groups in total. The number of nitrogens with one attached hydrogen (secondary N) is 1. The van der Waals surface area contributed by atoms with Gasteiger partial charge in [0.1, 0.15) is 5.82 Å². The van der Waals surface area contributed by atoms with Gasteiger partial charge in [0.05, 0.1) is 5.02 Å². The molecule has 1 fully saturated rings. The molecule has 1 atom stereocenters. The predicted octanol–water partition coefficient (Wildman–Crippen LogP) is 3.55. The Morgan fingerprint density at radius 2 is 2.19 bits per heavy atom. The van der Waals surface area contributed by atoms with Crippen LogP contribution in [-0.4, -0.2) is 12.6 Å². The molecular weight excluding hydrogens is 225 g/mol. The number of rotatable bonds is 2. The SMILES string of the molecule is Fc1cccc(CC2CCCCCN2)c1Cl. The summed E-state index contributed by atoms with van der Waals surface area (Å²) in [5.74, 6) is -0.312. The summed E-state index contributed by atoms with van der Waals surface area (Å²) in [6.45, 7) is 1.07. The van der Waals surface area contributed by atoms with Crippen LogP contribution in [-0.2, 0) is 6.42 Å². The highest BCUT2D eigenvalue weighted by molar-refractivity contribution is 6.31. The lowest BCUT2D eigenvalue weighted by Crippen LogP contribution is -2.30. The first kappa shape index (κ1) is 11.9. The lowest BCUT2D eigenvalue weighted by molar-refractivity contribution is 0.506. The van der Waals surface area contributed by atoms with Crippen LogP contribution in [0.3, 0.4) is 0 Å². The molecule has 1 heterocycles. The van der Waals surface area contributed by atoms with Crippen molar-refractivity contribution in [1.82, 2.24) is 5.32 Å². The molecule has 1 nitrogen and oxygen atoms in total. The molecule has 88 valence electrons. The van der Waals surface area contributed by atoms with Gasteiger partial charge in [-0.05, 0) is 37.4 Å². The second kappa shape index (κ2) is 5.65. The van der Waals surface area contributed by atoms with Crippen molar-refractivity contribution in [1.29, 1.82) is 0 Å². The molecule has 0 saturated carbocycles. The van der Waals surface area contributed by atoms with Crippen LogP contribution in [0.2, 0.25) is 5.02 Å². The number of benzene rings is 1. The molecular formula is C13H17ClFN. The normalized spacial score (nSPS) is 21.8. The van der Waals surface area contributed by atoms with E-state index in [9.17, 15) is 4.39 Å². The molecule has 16 heavy (non-hydrogen) atoms. The van der Waals surface area contributed by atoms with E-state index < -0.39 is 0 Å². The number of halogens is 2. The molecule has 0 spiro atoms. The van der Waals surface area contributed by atoms with Crippen molar-refractivity contribution in [2.24, 2.45) is 0 Å². The maximum atomic E-state index is 13.3. The predicted molar refractivity (Wildman–Crippen MR) is 65.4 cm³/mol. The van der Waals surface area contributed by atoms with Crippen LogP contribution >= 0.6 is 11.6 Å². The van der Waals surface area contributed by atoms with Crippen LogP contribution in [0.1, 0.15) is 31.2 Å². The molecule has 0 aliphatic carbocycles. The Morgan fingerprint density at radius 1 is 1.31 bits per heavy atom. The maximum absolute atomic E-state index is 13.3. The Hall–Kier alpha value is -0.600. The van der Waals surface area contributed by atoms with Gasteiger partial charge in [-0.2, -0.15) is 0 Å². The molecule has 0 aromatic heterocycles. The second-order valence-corrected chi connectivity index (χ2v) is 4.80. The van der Waals surface area contributed by atoms with Crippen molar-refractivity contribution >= 4 is 11.6 Å². The van der Waals surface area contributed by atoms with Crippen molar-refractivity contribution in [3.05, 3.63) is 34.6 Å². The van der Waals surface area contributed by atoms with Crippen molar-refractivity contribution < 1.29 is 4.39 Å². The third kappa shape index (κ3) is 2.96. The fraction of sp³-hybridized carbons (Fsp3) is 0.538. The Kier molecular flexibility index (Phi) is 4.19. The lowest BCUT2D eigenvalue weighted by atomic mass is 10.0. The zero-order valence-corrected chi connectivity index (χ0v) is 10.1. The minimum absolute atomic E-state index is 0.286. The van der Waals surface area contributed by atoms with Gasteiger partial charge in [-0.1, -0.05) is 36.6 Å². The fourth-order valence-electron chi connectivity index (χ4n) is 2.25. The summed E-state index contributed by atoms with van der Waals surface area (Å²) < 4.78 is 13.3. The molecule has 0 bridgehead atoms. The molecule has 2 rings (SSSR count). The summed E-state index contributed by atoms with van der Waals surface area (Å²) >= 11 is 5.95. The van der Waals surface area contributed by atoms with Crippen molar-refractivity contribution in [2.45, 2.75) is 38.1 Å². The van der Waals surface area contributed by atoms with Crippen LogP contribution in [0, 0.1) is 5.82 Å². The van der Waals surface area contributed by atoms with E-state index in [0.29, 0.717) is 6.04 Å². The summed E-state index contributed by atoms with van der Waals surface area (Å²) in [6, 6.07) is 5.50. The van der Waals surface area contributed by atoms with Crippen LogP contribution in [0.25, 0.3) is 0 Å². The fourth-order valence-corrected chi connectivity index (χ4v) is 2.45. The van der Waals surface area contributed by atoms with Crippen molar-refractivity contribution in [3.63, 3.8) is 0 Å². The van der Waals surface area contributed by atoms with Crippen LogP contribution in [0.5, 0.6) is 0 Å². The summed E-state index contributed by atoms with van der Waals surface area (Å²) in [4.78, 5) is 0. The molecule has 3 heteroatoms. The van der Waals surface area contributed by atoms with E-state index in [0.717, 1.165) is 24.9 Å². The van der Waals surface area contributed by atoms with Gasteiger partial charge >= 0.3 is 0 Å². The summed E-state index contributed by atoms with van der Waals surface area (Å²) in [5, 5.41) is 3.78. The highest BCUT2D eigenvalue weighted by Gasteiger charge is 2.14. The van der Waals surface area contributed by atoms with Crippen LogP contribution in [0.4, 0.5) is 4.39 Å². The van der Waals surface area contributed by atoms with E-state index in [4.69, 9.17) is 11.6 Å². The van der Waals surface area contributed by atoms with Gasteiger partial charge in [-0.15, -0.1) is 0 Å². The zero-order chi connectivity index (χ0) is 11.4. The smallest absolute Gasteiger partial charge is 0.142 e. The summed E-state index contributed by atoms with van der Waals surface area (Å²) in [5.41, 5.74) is 0.918. The molecule has 1 aliphatic heterocycles. The average Bonchev–Trinajstić information content (AvgIpc) is 2.53. The molecule has 1 aromatic rings. The highest BCUT2D eigenvalue weighted by Crippen LogP contribution is 2.22. The standard InChI is InChI=1S/C13H17ClFN/c14-13-10(5-4-7-12(13)15)9-11-6-2-1-3-8-16-11/h4-5,7,11,16H,1-3,6,8-9H2. The molecule has 1 saturated heterocycles. The van der Waals surface area contributed by atoms with E-state index in [2.05, 4.69) is 5.32 Å². The lowest BCUT2D eigenvalue weighted by Gasteiger charge is -2.16. The van der Waals surface area contributed by atoms with E-state index >= 15 is 0 Å². The quantitative estimate of drug-likeness (QED) is 0.835. The number of hydrogen-bond donors (Lipinski definition) is 1. The van der Waals surface area contributed by atoms with E-state index in [1.807, 2.05) is 6.07 Å². The Morgan fingerprint density at radius 3 is 3.06 bits per heavy atom. The van der Waals surface area contributed by atoms with Gasteiger partial charge < -0.3 is 5.32 Å². The molecule has 1 aliphatic rings.